The van der Waals surface area contributed by atoms with Crippen LogP contribution in [0.15, 0.2) is 18.2 Å². The molecule has 1 aliphatic heterocycles. The van der Waals surface area contributed by atoms with Crippen LogP contribution in [0.3, 0.4) is 0 Å². The standard InChI is InChI=1S/C15H24N2O2/c1-3-17-7-6-13(11-17)10-16-9-12-4-5-14(18)15(8-12)19-2/h4-5,8,13,16,18H,3,6-7,9-11H2,1-2H3. The summed E-state index contributed by atoms with van der Waals surface area (Å²) in [5.41, 5.74) is 1.14. The van der Waals surface area contributed by atoms with Crippen molar-refractivity contribution in [3.05, 3.63) is 23.8 Å². The number of aromatic hydroxyl groups is 1. The SMILES string of the molecule is CCN1CCC(CNCc2ccc(O)c(OC)c2)C1. The second kappa shape index (κ2) is 6.78. The van der Waals surface area contributed by atoms with E-state index in [0.29, 0.717) is 5.75 Å². The number of nitrogens with one attached hydrogen (secondary N) is 1. The Labute approximate surface area is 115 Å². The lowest BCUT2D eigenvalue weighted by Crippen LogP contribution is -2.26. The van der Waals surface area contributed by atoms with E-state index in [1.165, 1.54) is 19.5 Å². The average Bonchev–Trinajstić information content (AvgIpc) is 2.88. The van der Waals surface area contributed by atoms with Crippen molar-refractivity contribution >= 4 is 0 Å². The fraction of sp³-hybridized carbons (Fsp3) is 0.600. The Balaban J connectivity index is 1.77. The number of phenolic OH excluding ortho intramolecular Hbond substituents is 1. The van der Waals surface area contributed by atoms with E-state index < -0.39 is 0 Å². The minimum atomic E-state index is 0.195. The highest BCUT2D eigenvalue weighted by Gasteiger charge is 2.20. The molecule has 1 aromatic rings. The largest absolute Gasteiger partial charge is 0.504 e. The molecule has 0 spiro atoms. The van der Waals surface area contributed by atoms with E-state index in [4.69, 9.17) is 4.74 Å². The fourth-order valence-corrected chi connectivity index (χ4v) is 2.62. The summed E-state index contributed by atoms with van der Waals surface area (Å²) < 4.78 is 5.11. The second-order valence-corrected chi connectivity index (χ2v) is 5.19. The molecule has 4 heteroatoms. The normalized spacial score (nSPS) is 19.8. The van der Waals surface area contributed by atoms with Gasteiger partial charge >= 0.3 is 0 Å². The van der Waals surface area contributed by atoms with Gasteiger partial charge in [0.25, 0.3) is 0 Å². The van der Waals surface area contributed by atoms with E-state index in [0.717, 1.165) is 31.1 Å². The molecule has 2 N–H and O–H groups in total. The number of rotatable bonds is 6. The topological polar surface area (TPSA) is 44.7 Å². The van der Waals surface area contributed by atoms with Gasteiger partial charge < -0.3 is 20.1 Å². The van der Waals surface area contributed by atoms with Crippen molar-refractivity contribution in [2.24, 2.45) is 5.92 Å². The molecule has 0 aromatic heterocycles. The van der Waals surface area contributed by atoms with Crippen LogP contribution in [0.2, 0.25) is 0 Å². The van der Waals surface area contributed by atoms with Gasteiger partial charge in [-0.2, -0.15) is 0 Å². The maximum Gasteiger partial charge on any atom is 0.160 e. The smallest absolute Gasteiger partial charge is 0.160 e. The molecule has 19 heavy (non-hydrogen) atoms. The zero-order valence-corrected chi connectivity index (χ0v) is 11.9. The number of nitrogens with zero attached hydrogens (tertiary/aromatic N) is 1. The summed E-state index contributed by atoms with van der Waals surface area (Å²) in [6.45, 7) is 7.70. The summed E-state index contributed by atoms with van der Waals surface area (Å²) >= 11 is 0. The summed E-state index contributed by atoms with van der Waals surface area (Å²) in [5.74, 6) is 1.50. The summed E-state index contributed by atoms with van der Waals surface area (Å²) in [5, 5.41) is 13.0. The van der Waals surface area contributed by atoms with E-state index in [1.54, 1.807) is 13.2 Å². The maximum absolute atomic E-state index is 9.54. The molecular weight excluding hydrogens is 240 g/mol. The second-order valence-electron chi connectivity index (χ2n) is 5.19. The van der Waals surface area contributed by atoms with Crippen LogP contribution in [-0.2, 0) is 6.54 Å². The Morgan fingerprint density at radius 3 is 3.00 bits per heavy atom. The Bertz CT molecular complexity index is 409. The number of methoxy groups -OCH3 is 1. The molecule has 0 radical (unpaired) electrons. The third-order valence-corrected chi connectivity index (χ3v) is 3.82. The van der Waals surface area contributed by atoms with Crippen molar-refractivity contribution < 1.29 is 9.84 Å². The van der Waals surface area contributed by atoms with E-state index >= 15 is 0 Å². The van der Waals surface area contributed by atoms with Gasteiger partial charge in [-0.3, -0.25) is 0 Å². The number of ether oxygens (including phenoxy) is 1. The van der Waals surface area contributed by atoms with Crippen LogP contribution >= 0.6 is 0 Å². The summed E-state index contributed by atoms with van der Waals surface area (Å²) in [6.07, 6.45) is 1.29. The molecule has 1 aromatic carbocycles. The summed E-state index contributed by atoms with van der Waals surface area (Å²) in [7, 11) is 1.57. The molecule has 1 atom stereocenters. The van der Waals surface area contributed by atoms with Gasteiger partial charge in [-0.15, -0.1) is 0 Å². The van der Waals surface area contributed by atoms with Gasteiger partial charge in [0.2, 0.25) is 0 Å². The van der Waals surface area contributed by atoms with Crippen LogP contribution in [-0.4, -0.2) is 43.3 Å². The molecule has 4 nitrogen and oxygen atoms in total. The molecule has 106 valence electrons. The van der Waals surface area contributed by atoms with Crippen LogP contribution < -0.4 is 10.1 Å². The van der Waals surface area contributed by atoms with Crippen molar-refractivity contribution in [2.45, 2.75) is 19.9 Å². The molecule has 0 saturated carbocycles. The first-order valence-electron chi connectivity index (χ1n) is 7.02. The molecule has 0 bridgehead atoms. The molecule has 0 aliphatic carbocycles. The first-order valence-corrected chi connectivity index (χ1v) is 7.02. The lowest BCUT2D eigenvalue weighted by atomic mass is 10.1. The first kappa shape index (κ1) is 14.2. The highest BCUT2D eigenvalue weighted by molar-refractivity contribution is 5.41. The number of phenols is 1. The number of likely N-dealkylation sites (tertiary alicyclic amines) is 1. The lowest BCUT2D eigenvalue weighted by Gasteiger charge is -2.14. The minimum Gasteiger partial charge on any atom is -0.504 e. The molecule has 2 rings (SSSR count). The van der Waals surface area contributed by atoms with E-state index in [2.05, 4.69) is 17.1 Å². The monoisotopic (exact) mass is 264 g/mol. The molecule has 1 heterocycles. The fourth-order valence-electron chi connectivity index (χ4n) is 2.62. The van der Waals surface area contributed by atoms with Crippen LogP contribution in [0.5, 0.6) is 11.5 Å². The van der Waals surface area contributed by atoms with E-state index in [9.17, 15) is 5.11 Å². The van der Waals surface area contributed by atoms with Crippen molar-refractivity contribution in [1.82, 2.24) is 10.2 Å². The zero-order chi connectivity index (χ0) is 13.7. The Morgan fingerprint density at radius 2 is 2.32 bits per heavy atom. The summed E-state index contributed by atoms with van der Waals surface area (Å²) in [4.78, 5) is 2.50. The van der Waals surface area contributed by atoms with Crippen molar-refractivity contribution in [3.63, 3.8) is 0 Å². The molecule has 0 amide bonds. The average molecular weight is 264 g/mol. The number of benzene rings is 1. The predicted octanol–water partition coefficient (Wildman–Crippen LogP) is 1.83. The van der Waals surface area contributed by atoms with Gasteiger partial charge in [-0.25, -0.2) is 0 Å². The first-order chi connectivity index (χ1) is 9.22. The van der Waals surface area contributed by atoms with Crippen LogP contribution in [0, 0.1) is 5.92 Å². The Kier molecular flexibility index (Phi) is 5.05. The van der Waals surface area contributed by atoms with Gasteiger partial charge in [0.15, 0.2) is 11.5 Å². The third-order valence-electron chi connectivity index (χ3n) is 3.82. The van der Waals surface area contributed by atoms with E-state index in [1.807, 2.05) is 12.1 Å². The van der Waals surface area contributed by atoms with Crippen molar-refractivity contribution in [1.29, 1.82) is 0 Å². The number of hydrogen-bond donors (Lipinski definition) is 2. The third kappa shape index (κ3) is 3.85. The Hall–Kier alpha value is -1.26. The lowest BCUT2D eigenvalue weighted by molar-refractivity contribution is 0.338. The highest BCUT2D eigenvalue weighted by Crippen LogP contribution is 2.26. The summed E-state index contributed by atoms with van der Waals surface area (Å²) in [6, 6.07) is 5.50. The van der Waals surface area contributed by atoms with Gasteiger partial charge in [0.1, 0.15) is 0 Å². The van der Waals surface area contributed by atoms with Gasteiger partial charge in [-0.05, 0) is 49.7 Å². The van der Waals surface area contributed by atoms with Crippen LogP contribution in [0.25, 0.3) is 0 Å². The predicted molar refractivity (Wildman–Crippen MR) is 76.6 cm³/mol. The number of hydrogen-bond acceptors (Lipinski definition) is 4. The zero-order valence-electron chi connectivity index (χ0n) is 11.9. The van der Waals surface area contributed by atoms with Crippen molar-refractivity contribution in [3.8, 4) is 11.5 Å². The molecular formula is C15H24N2O2. The van der Waals surface area contributed by atoms with Gasteiger partial charge in [0.05, 0.1) is 7.11 Å². The van der Waals surface area contributed by atoms with Crippen LogP contribution in [0.4, 0.5) is 0 Å². The molecule has 1 unspecified atom stereocenters. The quantitative estimate of drug-likeness (QED) is 0.823. The van der Waals surface area contributed by atoms with Gasteiger partial charge in [0, 0.05) is 13.1 Å². The molecule has 1 saturated heterocycles. The van der Waals surface area contributed by atoms with E-state index in [-0.39, 0.29) is 5.75 Å². The molecule has 1 fully saturated rings. The van der Waals surface area contributed by atoms with Gasteiger partial charge in [-0.1, -0.05) is 13.0 Å². The minimum absolute atomic E-state index is 0.195. The maximum atomic E-state index is 9.54. The Morgan fingerprint density at radius 1 is 1.47 bits per heavy atom. The van der Waals surface area contributed by atoms with Crippen LogP contribution in [0.1, 0.15) is 18.9 Å². The highest BCUT2D eigenvalue weighted by atomic mass is 16.5. The van der Waals surface area contributed by atoms with Crippen molar-refractivity contribution in [2.75, 3.05) is 33.3 Å². The molecule has 1 aliphatic rings.